The van der Waals surface area contributed by atoms with E-state index in [4.69, 9.17) is 9.97 Å². The van der Waals surface area contributed by atoms with Crippen molar-refractivity contribution in [3.05, 3.63) is 207 Å². The Kier molecular flexibility index (Phi) is 8.88. The molecule has 0 radical (unpaired) electrons. The van der Waals surface area contributed by atoms with Gasteiger partial charge >= 0.3 is 0 Å². The Hall–Kier alpha value is -7.63. The van der Waals surface area contributed by atoms with E-state index in [0.29, 0.717) is 5.95 Å². The van der Waals surface area contributed by atoms with Gasteiger partial charge in [0.25, 0.3) is 0 Å². The number of hydrogen-bond acceptors (Lipinski definition) is 3. The van der Waals surface area contributed by atoms with Crippen LogP contribution < -0.4 is 0 Å². The van der Waals surface area contributed by atoms with Crippen LogP contribution in [0.5, 0.6) is 0 Å². The minimum absolute atomic E-state index is 0.649. The Labute approximate surface area is 336 Å². The summed E-state index contributed by atoms with van der Waals surface area (Å²) in [5, 5.41) is 7.18. The summed E-state index contributed by atoms with van der Waals surface area (Å²) in [6.07, 6.45) is 17.1. The first kappa shape index (κ1) is 34.8. The van der Waals surface area contributed by atoms with Gasteiger partial charge in [0.15, 0.2) is 0 Å². The van der Waals surface area contributed by atoms with Crippen molar-refractivity contribution in [1.82, 2.24) is 24.1 Å². The van der Waals surface area contributed by atoms with Gasteiger partial charge in [-0.1, -0.05) is 140 Å². The van der Waals surface area contributed by atoms with Gasteiger partial charge < -0.3 is 4.57 Å². The van der Waals surface area contributed by atoms with Crippen LogP contribution in [0, 0.1) is 0 Å². The third-order valence-corrected chi connectivity index (χ3v) is 11.0. The molecule has 58 heavy (non-hydrogen) atoms. The van der Waals surface area contributed by atoms with Crippen molar-refractivity contribution in [3.8, 4) is 34.0 Å². The average Bonchev–Trinajstić information content (AvgIpc) is 3.80. The van der Waals surface area contributed by atoms with Crippen LogP contribution in [0.15, 0.2) is 195 Å². The van der Waals surface area contributed by atoms with Crippen LogP contribution in [0.2, 0.25) is 0 Å². The van der Waals surface area contributed by atoms with E-state index in [1.165, 1.54) is 21.5 Å². The first-order valence-electron chi connectivity index (χ1n) is 19.6. The van der Waals surface area contributed by atoms with Gasteiger partial charge in [0.2, 0.25) is 5.95 Å². The molecule has 5 nitrogen and oxygen atoms in total. The van der Waals surface area contributed by atoms with E-state index in [9.17, 15) is 0 Å². The molecule has 10 rings (SSSR count). The standard InChI is InChI=1S/C53H39N5/c1-3-5-7-8-16-36-25-27-37(28-26-36)47-33-39(17-6-4-2)55-53(56-47)58-48-23-13-11-20-42(48)43-30-29-38(32-50(43)58)46-34-51-52(44-21-10-9-19-41(44)46)45-22-12-14-24-49(45)57(51)40-18-15-31-54-35-40/h3-5,7-16,18-35H,1-2,6,17H2/b7-5-,16-8+. The molecule has 0 N–H and O–H groups in total. The number of allylic oxidation sites excluding steroid dienone is 5. The normalized spacial score (nSPS) is 11.9. The van der Waals surface area contributed by atoms with Gasteiger partial charge in [-0.05, 0) is 82.8 Å². The van der Waals surface area contributed by atoms with Crippen molar-refractivity contribution in [3.63, 3.8) is 0 Å². The highest BCUT2D eigenvalue weighted by Crippen LogP contribution is 2.43. The number of aryl methyl sites for hydroxylation is 1. The van der Waals surface area contributed by atoms with E-state index in [-0.39, 0.29) is 0 Å². The lowest BCUT2D eigenvalue weighted by atomic mass is 9.94. The fourth-order valence-corrected chi connectivity index (χ4v) is 8.37. The molecule has 4 heterocycles. The highest BCUT2D eigenvalue weighted by atomic mass is 15.2. The number of benzene rings is 6. The Bertz CT molecular complexity index is 3250. The second-order valence-corrected chi connectivity index (χ2v) is 14.5. The summed E-state index contributed by atoms with van der Waals surface area (Å²) in [6, 6.07) is 50.0. The molecule has 0 aliphatic heterocycles. The quantitative estimate of drug-likeness (QED) is 0.103. The molecule has 4 aromatic heterocycles. The maximum Gasteiger partial charge on any atom is 0.235 e. The number of rotatable bonds is 10. The molecule has 0 atom stereocenters. The molecular formula is C53H39N5. The summed E-state index contributed by atoms with van der Waals surface area (Å²) in [7, 11) is 0. The molecule has 0 bridgehead atoms. The first-order valence-corrected chi connectivity index (χ1v) is 19.6. The van der Waals surface area contributed by atoms with Crippen LogP contribution in [0.4, 0.5) is 0 Å². The summed E-state index contributed by atoms with van der Waals surface area (Å²) in [5.41, 5.74) is 11.7. The van der Waals surface area contributed by atoms with Crippen LogP contribution in [-0.2, 0) is 6.42 Å². The predicted molar refractivity (Wildman–Crippen MR) is 244 cm³/mol. The smallest absolute Gasteiger partial charge is 0.235 e. The monoisotopic (exact) mass is 745 g/mol. The summed E-state index contributed by atoms with van der Waals surface area (Å²) in [5.74, 6) is 0.649. The second kappa shape index (κ2) is 14.8. The number of para-hydroxylation sites is 2. The minimum atomic E-state index is 0.649. The Morgan fingerprint density at radius 2 is 1.28 bits per heavy atom. The Balaban J connectivity index is 1.20. The van der Waals surface area contributed by atoms with E-state index in [2.05, 4.69) is 167 Å². The number of pyridine rings is 1. The van der Waals surface area contributed by atoms with Gasteiger partial charge in [0.1, 0.15) is 0 Å². The average molecular weight is 746 g/mol. The minimum Gasteiger partial charge on any atom is -0.308 e. The first-order chi connectivity index (χ1) is 28.7. The lowest BCUT2D eigenvalue weighted by Crippen LogP contribution is -2.05. The molecule has 276 valence electrons. The van der Waals surface area contributed by atoms with Gasteiger partial charge in [-0.25, -0.2) is 9.97 Å². The summed E-state index contributed by atoms with van der Waals surface area (Å²) in [4.78, 5) is 15.1. The van der Waals surface area contributed by atoms with Crippen molar-refractivity contribution < 1.29 is 0 Å². The molecular weight excluding hydrogens is 707 g/mol. The van der Waals surface area contributed by atoms with Gasteiger partial charge in [-0.2, -0.15) is 0 Å². The zero-order valence-corrected chi connectivity index (χ0v) is 32.0. The van der Waals surface area contributed by atoms with E-state index in [0.717, 1.165) is 85.0 Å². The lowest BCUT2D eigenvalue weighted by molar-refractivity contribution is 0.892. The summed E-state index contributed by atoms with van der Waals surface area (Å²) in [6.45, 7) is 7.75. The maximum absolute atomic E-state index is 5.31. The van der Waals surface area contributed by atoms with Crippen LogP contribution in [0.1, 0.15) is 17.7 Å². The van der Waals surface area contributed by atoms with Crippen LogP contribution in [0.25, 0.3) is 94.5 Å². The number of nitrogens with zero attached hydrogens (tertiary/aromatic N) is 5. The molecule has 0 unspecified atom stereocenters. The fourth-order valence-electron chi connectivity index (χ4n) is 8.37. The molecule has 0 aliphatic carbocycles. The Morgan fingerprint density at radius 3 is 2.05 bits per heavy atom. The molecule has 0 saturated heterocycles. The fraction of sp³-hybridized carbons (Fsp3) is 0.0377. The zero-order valence-electron chi connectivity index (χ0n) is 32.0. The highest BCUT2D eigenvalue weighted by Gasteiger charge is 2.20. The lowest BCUT2D eigenvalue weighted by Gasteiger charge is -2.13. The number of fused-ring (bicyclic) bond motifs is 8. The van der Waals surface area contributed by atoms with Crippen molar-refractivity contribution in [1.29, 1.82) is 0 Å². The third kappa shape index (κ3) is 6.01. The second-order valence-electron chi connectivity index (χ2n) is 14.5. The summed E-state index contributed by atoms with van der Waals surface area (Å²) < 4.78 is 4.58. The van der Waals surface area contributed by atoms with Gasteiger partial charge in [0, 0.05) is 39.0 Å². The molecule has 0 spiro atoms. The van der Waals surface area contributed by atoms with Crippen molar-refractivity contribution in [2.75, 3.05) is 0 Å². The number of hydrogen-bond donors (Lipinski definition) is 0. The van der Waals surface area contributed by atoms with E-state index in [1.54, 1.807) is 6.08 Å². The maximum atomic E-state index is 5.31. The Morgan fingerprint density at radius 1 is 0.552 bits per heavy atom. The molecule has 10 aromatic rings. The van der Waals surface area contributed by atoms with Crippen molar-refractivity contribution in [2.24, 2.45) is 0 Å². The van der Waals surface area contributed by atoms with Crippen molar-refractivity contribution >= 4 is 60.5 Å². The topological polar surface area (TPSA) is 48.5 Å². The SMILES string of the molecule is C=C/C=C\C=C\c1ccc(-c2cc(CCC=C)nc(-n3c4ccccc4c4ccc(-c5cc6c(c7ccccc57)c5ccccc5n6-c5cccnc5)cc43)n2)cc1. The highest BCUT2D eigenvalue weighted by molar-refractivity contribution is 6.24. The third-order valence-electron chi connectivity index (χ3n) is 11.0. The van der Waals surface area contributed by atoms with E-state index >= 15 is 0 Å². The van der Waals surface area contributed by atoms with Gasteiger partial charge in [-0.3, -0.25) is 9.55 Å². The van der Waals surface area contributed by atoms with Gasteiger partial charge in [-0.15, -0.1) is 6.58 Å². The zero-order chi connectivity index (χ0) is 39.0. The van der Waals surface area contributed by atoms with Crippen LogP contribution in [-0.4, -0.2) is 24.1 Å². The molecule has 0 aliphatic rings. The van der Waals surface area contributed by atoms with Crippen LogP contribution >= 0.6 is 0 Å². The van der Waals surface area contributed by atoms with Gasteiger partial charge in [0.05, 0.1) is 39.6 Å². The molecule has 0 amide bonds. The van der Waals surface area contributed by atoms with Crippen molar-refractivity contribution in [2.45, 2.75) is 12.8 Å². The molecule has 0 fully saturated rings. The largest absolute Gasteiger partial charge is 0.308 e. The van der Waals surface area contributed by atoms with E-state index in [1.807, 2.05) is 42.8 Å². The van der Waals surface area contributed by atoms with E-state index < -0.39 is 0 Å². The number of aromatic nitrogens is 5. The molecule has 0 saturated carbocycles. The molecule has 6 aromatic carbocycles. The summed E-state index contributed by atoms with van der Waals surface area (Å²) >= 11 is 0. The van der Waals surface area contributed by atoms with Crippen LogP contribution in [0.3, 0.4) is 0 Å². The molecule has 5 heteroatoms. The predicted octanol–water partition coefficient (Wildman–Crippen LogP) is 13.4.